The van der Waals surface area contributed by atoms with Crippen LogP contribution in [-0.4, -0.2) is 24.9 Å². The summed E-state index contributed by atoms with van der Waals surface area (Å²) in [7, 11) is 3.24. The van der Waals surface area contributed by atoms with E-state index in [4.69, 9.17) is 8.22 Å². The van der Waals surface area contributed by atoms with Gasteiger partial charge in [-0.15, -0.1) is 0 Å². The molecule has 21 heavy (non-hydrogen) atoms. The van der Waals surface area contributed by atoms with Crippen LogP contribution in [0.2, 0.25) is 0 Å². The SMILES string of the molecule is [2H]C([2H])([2H])C([2H])(O)C([2H])([2H])CCCn1c(=O)c2c(C)cn(C)c2n(C)c1=O. The van der Waals surface area contributed by atoms with Gasteiger partial charge in [-0.25, -0.2) is 4.79 Å². The van der Waals surface area contributed by atoms with Gasteiger partial charge in [-0.3, -0.25) is 13.9 Å². The molecule has 6 heteroatoms. The quantitative estimate of drug-likeness (QED) is 0.892. The third kappa shape index (κ3) is 2.81. The van der Waals surface area contributed by atoms with Gasteiger partial charge in [0.25, 0.3) is 5.56 Å². The number of fused-ring (bicyclic) bond motifs is 1. The molecule has 116 valence electrons. The zero-order valence-corrected chi connectivity index (χ0v) is 12.3. The molecule has 0 spiro atoms. The molecule has 1 N–H and O–H groups in total. The Morgan fingerprint density at radius 1 is 1.43 bits per heavy atom. The third-order valence-electron chi connectivity index (χ3n) is 3.48. The van der Waals surface area contributed by atoms with Crippen LogP contribution in [0.15, 0.2) is 15.8 Å². The lowest BCUT2D eigenvalue weighted by molar-refractivity contribution is 0.180. The lowest BCUT2D eigenvalue weighted by atomic mass is 10.2. The maximum atomic E-state index is 12.7. The van der Waals surface area contributed by atoms with Crippen molar-refractivity contribution in [2.75, 3.05) is 0 Å². The van der Waals surface area contributed by atoms with Crippen LogP contribution in [0.4, 0.5) is 0 Å². The Hall–Kier alpha value is -1.82. The molecule has 1 atom stereocenters. The molecule has 0 radical (unpaired) electrons. The van der Waals surface area contributed by atoms with Crippen molar-refractivity contribution in [1.82, 2.24) is 13.7 Å². The molecule has 2 heterocycles. The number of hydrogen-bond acceptors (Lipinski definition) is 3. The molecular formula is C15H23N3O3. The van der Waals surface area contributed by atoms with Crippen molar-refractivity contribution in [3.63, 3.8) is 0 Å². The van der Waals surface area contributed by atoms with E-state index in [1.165, 1.54) is 11.6 Å². The van der Waals surface area contributed by atoms with Crippen LogP contribution in [0.5, 0.6) is 0 Å². The highest BCUT2D eigenvalue weighted by Gasteiger charge is 2.15. The summed E-state index contributed by atoms with van der Waals surface area (Å²) in [4.78, 5) is 25.2. The Bertz CT molecular complexity index is 984. The summed E-state index contributed by atoms with van der Waals surface area (Å²) in [6.45, 7) is -1.65. The summed E-state index contributed by atoms with van der Waals surface area (Å²) in [5, 5.41) is 10.2. The first-order valence-electron chi connectivity index (χ1n) is 9.61. The summed E-state index contributed by atoms with van der Waals surface area (Å²) >= 11 is 0. The molecule has 2 aromatic rings. The summed E-state index contributed by atoms with van der Waals surface area (Å²) in [6.07, 6.45) is -4.93. The van der Waals surface area contributed by atoms with Crippen molar-refractivity contribution in [2.45, 2.75) is 45.6 Å². The lowest BCUT2D eigenvalue weighted by Gasteiger charge is -2.10. The van der Waals surface area contributed by atoms with E-state index in [1.54, 1.807) is 24.7 Å². The van der Waals surface area contributed by atoms with Crippen molar-refractivity contribution in [1.29, 1.82) is 0 Å². The molecule has 0 saturated heterocycles. The highest BCUT2D eigenvalue weighted by atomic mass is 16.3. The second-order valence-corrected chi connectivity index (χ2v) is 5.05. The van der Waals surface area contributed by atoms with Crippen molar-refractivity contribution >= 4 is 11.0 Å². The van der Waals surface area contributed by atoms with Gasteiger partial charge in [0.2, 0.25) is 0 Å². The Balaban J connectivity index is 2.35. The van der Waals surface area contributed by atoms with Gasteiger partial charge in [0, 0.05) is 33.7 Å². The number of rotatable bonds is 5. The minimum Gasteiger partial charge on any atom is -0.393 e. The zero-order chi connectivity index (χ0) is 20.9. The lowest BCUT2D eigenvalue weighted by Crippen LogP contribution is -2.39. The minimum atomic E-state index is -3.30. The third-order valence-corrected chi connectivity index (χ3v) is 3.48. The van der Waals surface area contributed by atoms with Crippen molar-refractivity contribution in [3.8, 4) is 0 Å². The Labute approximate surface area is 131 Å². The predicted octanol–water partition coefficient (Wildman–Crippen LogP) is 0.898. The first-order chi connectivity index (χ1) is 12.1. The van der Waals surface area contributed by atoms with E-state index in [1.807, 2.05) is 0 Å². The summed E-state index contributed by atoms with van der Waals surface area (Å²) in [6, 6.07) is 0. The average molecular weight is 299 g/mol. The van der Waals surface area contributed by atoms with Crippen molar-refractivity contribution in [2.24, 2.45) is 14.1 Å². The van der Waals surface area contributed by atoms with Crippen LogP contribution in [-0.2, 0) is 20.6 Å². The van der Waals surface area contributed by atoms with E-state index in [9.17, 15) is 14.7 Å². The maximum absolute atomic E-state index is 12.7. The molecule has 0 bridgehead atoms. The Morgan fingerprint density at radius 2 is 2.14 bits per heavy atom. The first-order valence-corrected chi connectivity index (χ1v) is 6.61. The minimum absolute atomic E-state index is 0.100. The van der Waals surface area contributed by atoms with Gasteiger partial charge in [-0.2, -0.15) is 0 Å². The molecular weight excluding hydrogens is 270 g/mol. The number of aromatic nitrogens is 3. The Kier molecular flexibility index (Phi) is 2.59. The highest BCUT2D eigenvalue weighted by Crippen LogP contribution is 2.14. The normalized spacial score (nSPS) is 20.0. The molecule has 2 aromatic heterocycles. The van der Waals surface area contributed by atoms with Gasteiger partial charge < -0.3 is 9.67 Å². The van der Waals surface area contributed by atoms with Crippen LogP contribution in [0.3, 0.4) is 0 Å². The fraction of sp³-hybridized carbons (Fsp3) is 0.600. The molecule has 1 unspecified atom stereocenters. The standard InChI is InChI=1S/C15H23N3O3/c1-10-9-16(3)13-12(10)14(20)18(15(21)17(13)4)8-6-5-7-11(2)19/h9,11,19H,5-8H2,1-4H3/i2D3,7D2,11D. The number of aryl methyl sites for hydroxylation is 3. The highest BCUT2D eigenvalue weighted by molar-refractivity contribution is 5.79. The molecule has 2 rings (SSSR count). The van der Waals surface area contributed by atoms with E-state index in [0.717, 1.165) is 4.57 Å². The maximum Gasteiger partial charge on any atom is 0.332 e. The zero-order valence-electron chi connectivity index (χ0n) is 18.3. The number of nitrogens with zero attached hydrogens (tertiary/aromatic N) is 3. The fourth-order valence-electron chi connectivity index (χ4n) is 2.57. The average Bonchev–Trinajstić information content (AvgIpc) is 2.81. The summed E-state index contributed by atoms with van der Waals surface area (Å²) in [5.41, 5.74) is 0.0760. The summed E-state index contributed by atoms with van der Waals surface area (Å²) < 4.78 is 48.4. The topological polar surface area (TPSA) is 69.2 Å². The van der Waals surface area contributed by atoms with Gasteiger partial charge in [0.15, 0.2) is 0 Å². The largest absolute Gasteiger partial charge is 0.393 e. The van der Waals surface area contributed by atoms with Gasteiger partial charge >= 0.3 is 5.69 Å². The van der Waals surface area contributed by atoms with Gasteiger partial charge in [-0.05, 0) is 38.6 Å². The second kappa shape index (κ2) is 5.89. The molecule has 0 aliphatic heterocycles. The molecule has 0 aliphatic carbocycles. The van der Waals surface area contributed by atoms with E-state index in [-0.39, 0.29) is 13.0 Å². The fourth-order valence-corrected chi connectivity index (χ4v) is 2.57. The molecule has 6 nitrogen and oxygen atoms in total. The smallest absolute Gasteiger partial charge is 0.332 e. The van der Waals surface area contributed by atoms with E-state index in [2.05, 4.69) is 0 Å². The van der Waals surface area contributed by atoms with Crippen LogP contribution in [0.1, 0.15) is 39.9 Å². The molecule has 0 saturated carbocycles. The molecule has 0 amide bonds. The number of aliphatic hydroxyl groups is 1. The van der Waals surface area contributed by atoms with Gasteiger partial charge in [0.05, 0.1) is 12.8 Å². The van der Waals surface area contributed by atoms with E-state index >= 15 is 0 Å². The van der Waals surface area contributed by atoms with Gasteiger partial charge in [-0.1, -0.05) is 0 Å². The van der Waals surface area contributed by atoms with Crippen molar-refractivity contribution < 1.29 is 13.3 Å². The van der Waals surface area contributed by atoms with E-state index < -0.39 is 37.0 Å². The first kappa shape index (κ1) is 9.25. The monoisotopic (exact) mass is 299 g/mol. The van der Waals surface area contributed by atoms with Crippen LogP contribution in [0, 0.1) is 6.92 Å². The van der Waals surface area contributed by atoms with Crippen LogP contribution in [0.25, 0.3) is 11.0 Å². The Morgan fingerprint density at radius 3 is 2.81 bits per heavy atom. The van der Waals surface area contributed by atoms with Crippen molar-refractivity contribution in [3.05, 3.63) is 32.6 Å². The number of hydrogen-bond donors (Lipinski definition) is 1. The van der Waals surface area contributed by atoms with Crippen LogP contribution < -0.4 is 11.2 Å². The van der Waals surface area contributed by atoms with Gasteiger partial charge in [0.1, 0.15) is 5.65 Å². The molecule has 0 fully saturated rings. The second-order valence-electron chi connectivity index (χ2n) is 5.05. The van der Waals surface area contributed by atoms with E-state index in [0.29, 0.717) is 16.6 Å². The predicted molar refractivity (Wildman–Crippen MR) is 82.7 cm³/mol. The summed E-state index contributed by atoms with van der Waals surface area (Å²) in [5.74, 6) is 0. The molecule has 0 aliphatic rings. The van der Waals surface area contributed by atoms with Crippen LogP contribution >= 0.6 is 0 Å². The molecule has 0 aromatic carbocycles.